The first kappa shape index (κ1) is 16.0. The predicted octanol–water partition coefficient (Wildman–Crippen LogP) is 3.62. The highest BCUT2D eigenvalue weighted by Crippen LogP contribution is 2.28. The van der Waals surface area contributed by atoms with Gasteiger partial charge in [-0.3, -0.25) is 4.79 Å². The molecule has 27 heavy (non-hydrogen) atoms. The fraction of sp³-hybridized carbons (Fsp3) is 0.250. The van der Waals surface area contributed by atoms with Gasteiger partial charge in [0.1, 0.15) is 23.3 Å². The van der Waals surface area contributed by atoms with Gasteiger partial charge in [-0.2, -0.15) is 0 Å². The minimum absolute atomic E-state index is 0.0386. The molecule has 0 bridgehead atoms. The van der Waals surface area contributed by atoms with Crippen LogP contribution in [0, 0.1) is 6.92 Å². The van der Waals surface area contributed by atoms with E-state index in [0.29, 0.717) is 11.4 Å². The second kappa shape index (κ2) is 6.21. The van der Waals surface area contributed by atoms with E-state index in [9.17, 15) is 4.79 Å². The Hall–Kier alpha value is -3.19. The Kier molecular flexibility index (Phi) is 3.68. The van der Waals surface area contributed by atoms with Crippen LogP contribution in [0.15, 0.2) is 42.6 Å². The summed E-state index contributed by atoms with van der Waals surface area (Å²) in [4.78, 5) is 24.9. The van der Waals surface area contributed by atoms with Crippen LogP contribution in [0.3, 0.4) is 0 Å². The van der Waals surface area contributed by atoms with E-state index in [1.54, 1.807) is 6.20 Å². The number of anilines is 1. The molecule has 5 rings (SSSR count). The molecule has 0 spiro atoms. The number of benzene rings is 1. The van der Waals surface area contributed by atoms with Crippen LogP contribution in [0.2, 0.25) is 0 Å². The summed E-state index contributed by atoms with van der Waals surface area (Å²) in [7, 11) is 0. The summed E-state index contributed by atoms with van der Waals surface area (Å²) >= 11 is 0. The smallest absolute Gasteiger partial charge is 0.275 e. The number of hydrogen-bond acceptors (Lipinski definition) is 4. The van der Waals surface area contributed by atoms with Crippen LogP contribution in [0.4, 0.5) is 5.69 Å². The predicted molar refractivity (Wildman–Crippen MR) is 102 cm³/mol. The van der Waals surface area contributed by atoms with Gasteiger partial charge < -0.3 is 19.4 Å². The van der Waals surface area contributed by atoms with Crippen molar-refractivity contribution in [1.82, 2.24) is 19.4 Å². The molecule has 1 saturated heterocycles. The molecular weight excluding hydrogens is 342 g/mol. The maximum atomic E-state index is 12.6. The molecule has 0 radical (unpaired) electrons. The maximum absolute atomic E-state index is 12.6. The number of nitrogens with one attached hydrogen (secondary N) is 2. The summed E-state index contributed by atoms with van der Waals surface area (Å²) in [5.41, 5.74) is 4.61. The van der Waals surface area contributed by atoms with Crippen LogP contribution in [-0.2, 0) is 4.74 Å². The van der Waals surface area contributed by atoms with E-state index in [1.165, 1.54) is 0 Å². The Balaban J connectivity index is 1.41. The van der Waals surface area contributed by atoms with Gasteiger partial charge in [0.2, 0.25) is 0 Å². The molecule has 4 heterocycles. The number of aromatic amines is 1. The first-order valence-corrected chi connectivity index (χ1v) is 9.05. The zero-order valence-electron chi connectivity index (χ0n) is 14.9. The van der Waals surface area contributed by atoms with E-state index >= 15 is 0 Å². The number of nitrogens with zero attached hydrogens (tertiary/aromatic N) is 3. The standard InChI is InChI=1S/C20H19N5O2/c1-12-4-2-6-18-22-16(11-25(12)18)20(26)21-13-7-8-14-15(10-13)24-19(23-14)17-5-3-9-27-17/h2,4,6-8,10-11,17H,3,5,9H2,1H3,(H,21,26)(H,23,24). The van der Waals surface area contributed by atoms with Crippen molar-refractivity contribution in [2.45, 2.75) is 25.9 Å². The molecule has 1 aliphatic rings. The van der Waals surface area contributed by atoms with Gasteiger partial charge in [-0.25, -0.2) is 9.97 Å². The van der Waals surface area contributed by atoms with Gasteiger partial charge in [0.15, 0.2) is 0 Å². The summed E-state index contributed by atoms with van der Waals surface area (Å²) in [5.74, 6) is 0.609. The van der Waals surface area contributed by atoms with Crippen molar-refractivity contribution in [3.8, 4) is 0 Å². The van der Waals surface area contributed by atoms with Crippen molar-refractivity contribution in [3.63, 3.8) is 0 Å². The van der Waals surface area contributed by atoms with Crippen LogP contribution < -0.4 is 5.32 Å². The SMILES string of the molecule is Cc1cccc2nc(C(=O)Nc3ccc4nc(C5CCCO5)[nH]c4c3)cn12. The largest absolute Gasteiger partial charge is 0.370 e. The number of pyridine rings is 1. The van der Waals surface area contributed by atoms with Crippen molar-refractivity contribution < 1.29 is 9.53 Å². The Morgan fingerprint density at radius 1 is 1.30 bits per heavy atom. The zero-order valence-corrected chi connectivity index (χ0v) is 14.9. The Labute approximate surface area is 155 Å². The number of fused-ring (bicyclic) bond motifs is 2. The molecule has 3 aromatic heterocycles. The van der Waals surface area contributed by atoms with Crippen molar-refractivity contribution in [2.24, 2.45) is 0 Å². The van der Waals surface area contributed by atoms with Gasteiger partial charge in [0, 0.05) is 24.2 Å². The highest BCUT2D eigenvalue weighted by Gasteiger charge is 2.21. The van der Waals surface area contributed by atoms with Crippen LogP contribution >= 0.6 is 0 Å². The molecule has 0 saturated carbocycles. The zero-order chi connectivity index (χ0) is 18.4. The number of imidazole rings is 2. The molecule has 4 aromatic rings. The molecule has 7 heteroatoms. The van der Waals surface area contributed by atoms with Gasteiger partial charge in [-0.15, -0.1) is 0 Å². The molecule has 0 aliphatic carbocycles. The van der Waals surface area contributed by atoms with Crippen molar-refractivity contribution >= 4 is 28.3 Å². The topological polar surface area (TPSA) is 84.3 Å². The quantitative estimate of drug-likeness (QED) is 0.584. The van der Waals surface area contributed by atoms with Crippen LogP contribution in [-0.4, -0.2) is 31.9 Å². The van der Waals surface area contributed by atoms with E-state index in [-0.39, 0.29) is 12.0 Å². The monoisotopic (exact) mass is 361 g/mol. The Morgan fingerprint density at radius 2 is 2.22 bits per heavy atom. The minimum Gasteiger partial charge on any atom is -0.370 e. The molecule has 1 fully saturated rings. The summed E-state index contributed by atoms with van der Waals surface area (Å²) in [6.07, 6.45) is 3.83. The van der Waals surface area contributed by atoms with E-state index in [4.69, 9.17) is 4.74 Å². The highest BCUT2D eigenvalue weighted by molar-refractivity contribution is 6.04. The van der Waals surface area contributed by atoms with Gasteiger partial charge in [0.05, 0.1) is 11.0 Å². The lowest BCUT2D eigenvalue weighted by Crippen LogP contribution is -2.12. The van der Waals surface area contributed by atoms with E-state index < -0.39 is 0 Å². The Morgan fingerprint density at radius 3 is 3.04 bits per heavy atom. The number of H-pyrrole nitrogens is 1. The van der Waals surface area contributed by atoms with Crippen molar-refractivity contribution in [1.29, 1.82) is 0 Å². The van der Waals surface area contributed by atoms with Crippen molar-refractivity contribution in [3.05, 3.63) is 59.8 Å². The number of carbonyl (C=O) groups is 1. The Bertz CT molecular complexity index is 1150. The minimum atomic E-state index is -0.240. The van der Waals surface area contributed by atoms with Crippen molar-refractivity contribution in [2.75, 3.05) is 11.9 Å². The average Bonchev–Trinajstić information content (AvgIpc) is 3.40. The molecule has 1 aromatic carbocycles. The number of amides is 1. The molecule has 7 nitrogen and oxygen atoms in total. The third-order valence-corrected chi connectivity index (χ3v) is 4.92. The first-order chi connectivity index (χ1) is 13.2. The lowest BCUT2D eigenvalue weighted by Gasteiger charge is -2.03. The first-order valence-electron chi connectivity index (χ1n) is 9.05. The lowest BCUT2D eigenvalue weighted by atomic mass is 10.2. The second-order valence-electron chi connectivity index (χ2n) is 6.83. The third kappa shape index (κ3) is 2.86. The number of carbonyl (C=O) groups excluding carboxylic acids is 1. The fourth-order valence-corrected chi connectivity index (χ4v) is 3.51. The molecule has 136 valence electrons. The molecule has 2 N–H and O–H groups in total. The number of rotatable bonds is 3. The summed E-state index contributed by atoms with van der Waals surface area (Å²) in [6.45, 7) is 2.76. The van der Waals surface area contributed by atoms with Crippen LogP contribution in [0.1, 0.15) is 41.0 Å². The molecule has 1 aliphatic heterocycles. The molecular formula is C20H19N5O2. The maximum Gasteiger partial charge on any atom is 0.275 e. The summed E-state index contributed by atoms with van der Waals surface area (Å²) in [6, 6.07) is 11.4. The summed E-state index contributed by atoms with van der Waals surface area (Å²) < 4.78 is 7.59. The van der Waals surface area contributed by atoms with E-state index in [0.717, 1.165) is 47.6 Å². The summed E-state index contributed by atoms with van der Waals surface area (Å²) in [5, 5.41) is 2.92. The van der Waals surface area contributed by atoms with Crippen LogP contribution in [0.25, 0.3) is 16.7 Å². The molecule has 1 amide bonds. The van der Waals surface area contributed by atoms with Gasteiger partial charge in [-0.05, 0) is 50.1 Å². The van der Waals surface area contributed by atoms with Gasteiger partial charge in [0.25, 0.3) is 5.91 Å². The van der Waals surface area contributed by atoms with E-state index in [2.05, 4.69) is 20.3 Å². The normalized spacial score (nSPS) is 17.0. The molecule has 1 unspecified atom stereocenters. The number of aromatic nitrogens is 4. The molecule has 1 atom stereocenters. The van der Waals surface area contributed by atoms with Crippen LogP contribution in [0.5, 0.6) is 0 Å². The van der Waals surface area contributed by atoms with Gasteiger partial charge in [-0.1, -0.05) is 6.07 Å². The average molecular weight is 361 g/mol. The number of aryl methyl sites for hydroxylation is 1. The third-order valence-electron chi connectivity index (χ3n) is 4.92. The lowest BCUT2D eigenvalue weighted by molar-refractivity contribution is 0.102. The number of ether oxygens (including phenoxy) is 1. The van der Waals surface area contributed by atoms with E-state index in [1.807, 2.05) is 47.7 Å². The number of hydrogen-bond donors (Lipinski definition) is 2. The van der Waals surface area contributed by atoms with Gasteiger partial charge >= 0.3 is 0 Å². The second-order valence-corrected chi connectivity index (χ2v) is 6.83. The highest BCUT2D eigenvalue weighted by atomic mass is 16.5. The fourth-order valence-electron chi connectivity index (χ4n) is 3.51.